The molecule has 0 fully saturated rings. The van der Waals surface area contributed by atoms with Crippen LogP contribution in [0, 0.1) is 0 Å². The molecule has 0 spiro atoms. The van der Waals surface area contributed by atoms with Crippen LogP contribution in [0.1, 0.15) is 451 Å². The predicted octanol–water partition coefficient (Wildman–Crippen LogP) is 25.3. The molecule has 0 aliphatic carbocycles. The molecule has 0 heterocycles. The van der Waals surface area contributed by atoms with E-state index in [0.717, 1.165) is 77.0 Å². The Morgan fingerprint density at radius 3 is 0.459 bits per heavy atom. The molecule has 0 aromatic rings. The zero-order valence-corrected chi connectivity index (χ0v) is 58.5. The van der Waals surface area contributed by atoms with Gasteiger partial charge in [0.1, 0.15) is 0 Å². The molecule has 0 aliphatic rings. The normalized spacial score (nSPS) is 11.8. The molecule has 0 saturated heterocycles. The van der Waals surface area contributed by atoms with Gasteiger partial charge in [0.15, 0.2) is 5.60 Å². The summed E-state index contributed by atoms with van der Waals surface area (Å²) in [5, 5.41) is 22.5. The van der Waals surface area contributed by atoms with Crippen LogP contribution in [0.4, 0.5) is 0 Å². The van der Waals surface area contributed by atoms with Crippen molar-refractivity contribution in [3.8, 4) is 0 Å². The van der Waals surface area contributed by atoms with Gasteiger partial charge in [0.2, 0.25) is 11.8 Å². The Morgan fingerprint density at radius 2 is 0.341 bits per heavy atom. The summed E-state index contributed by atoms with van der Waals surface area (Å²) in [5.74, 6) is -2.09. The summed E-state index contributed by atoms with van der Waals surface area (Å²) in [6, 6.07) is 0. The number of carboxylic acids is 1. The zero-order valence-electron chi connectivity index (χ0n) is 58.5. The monoisotopic (exact) mass is 1200 g/mol. The second-order valence-corrected chi connectivity index (χ2v) is 27.7. The van der Waals surface area contributed by atoms with E-state index in [9.17, 15) is 24.6 Å². The quantitative estimate of drug-likeness (QED) is 0.0591. The van der Waals surface area contributed by atoms with E-state index in [-0.39, 0.29) is 11.8 Å². The summed E-state index contributed by atoms with van der Waals surface area (Å²) in [6.45, 7) is 11.5. The fourth-order valence-corrected chi connectivity index (χ4v) is 13.1. The van der Waals surface area contributed by atoms with Crippen molar-refractivity contribution in [2.24, 2.45) is 0 Å². The van der Waals surface area contributed by atoms with Crippen molar-refractivity contribution in [3.05, 3.63) is 0 Å². The summed E-state index contributed by atoms with van der Waals surface area (Å²) in [7, 11) is 0. The van der Waals surface area contributed by atoms with Gasteiger partial charge in [-0.25, -0.2) is 4.79 Å². The number of aliphatic hydroxyl groups is 1. The maximum atomic E-state index is 14.3. The van der Waals surface area contributed by atoms with Gasteiger partial charge in [-0.05, 0) is 25.7 Å². The number of hydrogen-bond donors (Lipinski definition) is 2. The van der Waals surface area contributed by atoms with Gasteiger partial charge >= 0.3 is 5.97 Å². The number of carbonyl (C=O) groups is 3. The molecule has 0 unspecified atom stereocenters. The SMILES string of the molecule is CCCCCCCCCCCCCCCCCCN(CCCCCCCCCCCCCCCCCC)C(=O)CC(O)(CC(=O)N(CCCCCCCCCCCCCCCCCC)CCCCCCCCCCCCCCCCCC)C(=O)O. The molecule has 0 rings (SSSR count). The minimum absolute atomic E-state index is 0.318. The van der Waals surface area contributed by atoms with Gasteiger partial charge in [0, 0.05) is 26.2 Å². The first kappa shape index (κ1) is 83.4. The van der Waals surface area contributed by atoms with Gasteiger partial charge in [-0.1, -0.05) is 413 Å². The molecule has 0 aromatic carbocycles. The Hall–Kier alpha value is -1.63. The van der Waals surface area contributed by atoms with Crippen molar-refractivity contribution < 1.29 is 24.6 Å². The third-order valence-corrected chi connectivity index (χ3v) is 19.1. The van der Waals surface area contributed by atoms with E-state index < -0.39 is 24.4 Å². The first-order valence-corrected chi connectivity index (χ1v) is 39.3. The van der Waals surface area contributed by atoms with E-state index in [0.29, 0.717) is 26.2 Å². The van der Waals surface area contributed by atoms with E-state index >= 15 is 0 Å². The van der Waals surface area contributed by atoms with Crippen molar-refractivity contribution in [3.63, 3.8) is 0 Å². The van der Waals surface area contributed by atoms with E-state index in [2.05, 4.69) is 27.7 Å². The molecule has 85 heavy (non-hydrogen) atoms. The highest BCUT2D eigenvalue weighted by Gasteiger charge is 2.42. The van der Waals surface area contributed by atoms with Crippen molar-refractivity contribution in [2.45, 2.75) is 457 Å². The van der Waals surface area contributed by atoms with Crippen LogP contribution in [0.3, 0.4) is 0 Å². The van der Waals surface area contributed by atoms with Crippen LogP contribution in [0.2, 0.25) is 0 Å². The third-order valence-electron chi connectivity index (χ3n) is 19.1. The summed E-state index contributed by atoms with van der Waals surface area (Å²) >= 11 is 0. The Bertz CT molecular complexity index is 1190. The van der Waals surface area contributed by atoms with E-state index in [4.69, 9.17) is 0 Å². The number of aliphatic carboxylic acids is 1. The van der Waals surface area contributed by atoms with Gasteiger partial charge in [-0.15, -0.1) is 0 Å². The van der Waals surface area contributed by atoms with Crippen LogP contribution < -0.4 is 0 Å². The first-order chi connectivity index (χ1) is 41.7. The van der Waals surface area contributed by atoms with E-state index in [1.807, 2.05) is 9.80 Å². The summed E-state index contributed by atoms with van der Waals surface area (Å²) in [6.07, 6.45) is 81.6. The standard InChI is InChI=1S/C78H154N2O5/c1-5-9-13-17-21-25-29-33-37-41-45-49-53-57-61-65-69-79(70-66-62-58-54-50-46-42-38-34-30-26-22-18-14-10-6-2)75(81)73-78(85,77(83)84)74-76(82)80(71-67-63-59-55-51-47-43-39-35-31-27-23-19-15-11-7-3)72-68-64-60-56-52-48-44-40-36-32-28-24-20-16-12-8-4/h85H,5-74H2,1-4H3,(H,83,84). The van der Waals surface area contributed by atoms with Crippen LogP contribution in [0.15, 0.2) is 0 Å². The highest BCUT2D eigenvalue weighted by atomic mass is 16.4. The van der Waals surface area contributed by atoms with Crippen molar-refractivity contribution in [1.29, 1.82) is 0 Å². The number of nitrogens with zero attached hydrogens (tertiary/aromatic N) is 2. The number of carbonyl (C=O) groups excluding carboxylic acids is 2. The van der Waals surface area contributed by atoms with Gasteiger partial charge in [0.25, 0.3) is 0 Å². The van der Waals surface area contributed by atoms with Gasteiger partial charge in [0.05, 0.1) is 12.8 Å². The zero-order chi connectivity index (χ0) is 61.9. The number of amides is 2. The largest absolute Gasteiger partial charge is 0.479 e. The Labute approximate surface area is 532 Å². The van der Waals surface area contributed by atoms with Gasteiger partial charge < -0.3 is 20.0 Å². The van der Waals surface area contributed by atoms with Crippen LogP contribution in [-0.2, 0) is 14.4 Å². The molecule has 0 aromatic heterocycles. The summed E-state index contributed by atoms with van der Waals surface area (Å²) in [5.41, 5.74) is -2.42. The predicted molar refractivity (Wildman–Crippen MR) is 373 cm³/mol. The maximum Gasteiger partial charge on any atom is 0.336 e. The van der Waals surface area contributed by atoms with Crippen molar-refractivity contribution >= 4 is 17.8 Å². The molecule has 0 radical (unpaired) electrons. The number of hydrogen-bond acceptors (Lipinski definition) is 4. The lowest BCUT2D eigenvalue weighted by atomic mass is 9.93. The smallest absolute Gasteiger partial charge is 0.336 e. The molecule has 7 heteroatoms. The van der Waals surface area contributed by atoms with Crippen LogP contribution in [-0.4, -0.2) is 69.6 Å². The number of carboxylic acid groups (broad SMARTS) is 1. The minimum Gasteiger partial charge on any atom is -0.479 e. The summed E-state index contributed by atoms with van der Waals surface area (Å²) in [4.78, 5) is 45.2. The number of unbranched alkanes of at least 4 members (excludes halogenated alkanes) is 60. The van der Waals surface area contributed by atoms with Crippen LogP contribution >= 0.6 is 0 Å². The molecule has 2 N–H and O–H groups in total. The average Bonchev–Trinajstić information content (AvgIpc) is 3.70. The Balaban J connectivity index is 5.36. The second-order valence-electron chi connectivity index (χ2n) is 27.7. The van der Waals surface area contributed by atoms with E-state index in [1.54, 1.807) is 0 Å². The lowest BCUT2D eigenvalue weighted by Crippen LogP contribution is -2.49. The molecule has 0 aliphatic heterocycles. The lowest BCUT2D eigenvalue weighted by molar-refractivity contribution is -0.167. The topological polar surface area (TPSA) is 98.2 Å². The number of rotatable bonds is 73. The maximum absolute atomic E-state index is 14.3. The Kier molecular flexibility index (Phi) is 67.0. The highest BCUT2D eigenvalue weighted by molar-refractivity contribution is 5.91. The van der Waals surface area contributed by atoms with Crippen LogP contribution in [0.25, 0.3) is 0 Å². The minimum atomic E-state index is -2.42. The molecule has 7 nitrogen and oxygen atoms in total. The molecule has 506 valence electrons. The molecule has 0 bridgehead atoms. The van der Waals surface area contributed by atoms with E-state index in [1.165, 1.54) is 334 Å². The molecule has 2 amide bonds. The molecule has 0 saturated carbocycles. The average molecular weight is 1200 g/mol. The molecular weight excluding hydrogens is 1040 g/mol. The van der Waals surface area contributed by atoms with Gasteiger partial charge in [-0.3, -0.25) is 9.59 Å². The first-order valence-electron chi connectivity index (χ1n) is 39.3. The highest BCUT2D eigenvalue weighted by Crippen LogP contribution is 2.24. The fourth-order valence-electron chi connectivity index (χ4n) is 13.1. The molecule has 0 atom stereocenters. The van der Waals surface area contributed by atoms with Crippen LogP contribution in [0.5, 0.6) is 0 Å². The van der Waals surface area contributed by atoms with Crippen molar-refractivity contribution in [2.75, 3.05) is 26.2 Å². The van der Waals surface area contributed by atoms with Gasteiger partial charge in [-0.2, -0.15) is 0 Å². The fraction of sp³-hybridized carbons (Fsp3) is 0.962. The Morgan fingerprint density at radius 1 is 0.224 bits per heavy atom. The summed E-state index contributed by atoms with van der Waals surface area (Å²) < 4.78 is 0. The molecular formula is C78H154N2O5. The van der Waals surface area contributed by atoms with Crippen molar-refractivity contribution in [1.82, 2.24) is 9.80 Å². The second kappa shape index (κ2) is 68.3. The third kappa shape index (κ3) is 59.7. The lowest BCUT2D eigenvalue weighted by Gasteiger charge is -2.30.